The van der Waals surface area contributed by atoms with Gasteiger partial charge in [0.1, 0.15) is 6.54 Å². The minimum atomic E-state index is -0.218. The Morgan fingerprint density at radius 3 is 2.78 bits per heavy atom. The molecule has 2 amide bonds. The molecule has 1 rings (SSSR count). The zero-order valence-corrected chi connectivity index (χ0v) is 11.7. The smallest absolute Gasteiger partial charge is 0.240 e. The molecule has 0 spiro atoms. The lowest BCUT2D eigenvalue weighted by atomic mass is 10.3. The Kier molecular flexibility index (Phi) is 5.58. The molecule has 5 heteroatoms. The molecule has 0 aliphatic rings. The Balaban J connectivity index is 2.80. The van der Waals surface area contributed by atoms with E-state index in [2.05, 4.69) is 27.8 Å². The molecule has 0 heterocycles. The van der Waals surface area contributed by atoms with Crippen molar-refractivity contribution >= 4 is 33.4 Å². The third kappa shape index (κ3) is 4.33. The fourth-order valence-corrected chi connectivity index (χ4v) is 1.80. The number of nitrogens with one attached hydrogen (secondary N) is 1. The summed E-state index contributed by atoms with van der Waals surface area (Å²) in [5.74, 6) is -0.396. The topological polar surface area (TPSA) is 49.4 Å². The maximum absolute atomic E-state index is 11.6. The second kappa shape index (κ2) is 6.96. The van der Waals surface area contributed by atoms with Gasteiger partial charge in [-0.2, -0.15) is 0 Å². The van der Waals surface area contributed by atoms with Crippen LogP contribution in [-0.2, 0) is 9.59 Å². The SMILES string of the molecule is C=CCNC(=O)CN(C(C)=O)c1cccc(Br)c1. The van der Waals surface area contributed by atoms with Gasteiger partial charge in [0.15, 0.2) is 0 Å². The van der Waals surface area contributed by atoms with Gasteiger partial charge in [0.2, 0.25) is 11.8 Å². The van der Waals surface area contributed by atoms with Gasteiger partial charge in [-0.05, 0) is 18.2 Å². The average Bonchev–Trinajstić information content (AvgIpc) is 2.33. The van der Waals surface area contributed by atoms with E-state index in [1.807, 2.05) is 12.1 Å². The van der Waals surface area contributed by atoms with Crippen LogP contribution in [0, 0.1) is 0 Å². The van der Waals surface area contributed by atoms with Gasteiger partial charge in [-0.1, -0.05) is 28.1 Å². The van der Waals surface area contributed by atoms with Gasteiger partial charge in [-0.25, -0.2) is 0 Å². The van der Waals surface area contributed by atoms with Crippen molar-refractivity contribution in [3.8, 4) is 0 Å². The van der Waals surface area contributed by atoms with Gasteiger partial charge in [0.05, 0.1) is 0 Å². The molecule has 0 unspecified atom stereocenters. The molecule has 0 saturated carbocycles. The van der Waals surface area contributed by atoms with E-state index in [1.165, 1.54) is 11.8 Å². The Morgan fingerprint density at radius 1 is 1.50 bits per heavy atom. The van der Waals surface area contributed by atoms with E-state index in [4.69, 9.17) is 0 Å². The van der Waals surface area contributed by atoms with E-state index in [0.29, 0.717) is 12.2 Å². The highest BCUT2D eigenvalue weighted by molar-refractivity contribution is 9.10. The fraction of sp³-hybridized carbons (Fsp3) is 0.231. The molecule has 4 nitrogen and oxygen atoms in total. The van der Waals surface area contributed by atoms with Gasteiger partial charge >= 0.3 is 0 Å². The Hall–Kier alpha value is -1.62. The third-order valence-corrected chi connectivity index (χ3v) is 2.74. The Bertz CT molecular complexity index is 460. The number of halogens is 1. The summed E-state index contributed by atoms with van der Waals surface area (Å²) < 4.78 is 0.859. The number of amides is 2. The molecule has 1 N–H and O–H groups in total. The molecule has 18 heavy (non-hydrogen) atoms. The molecule has 0 aliphatic heterocycles. The summed E-state index contributed by atoms with van der Waals surface area (Å²) in [6.07, 6.45) is 1.59. The van der Waals surface area contributed by atoms with E-state index in [1.54, 1.807) is 18.2 Å². The van der Waals surface area contributed by atoms with Crippen LogP contribution in [0.2, 0.25) is 0 Å². The maximum atomic E-state index is 11.6. The number of hydrogen-bond acceptors (Lipinski definition) is 2. The van der Waals surface area contributed by atoms with Crippen molar-refractivity contribution in [3.63, 3.8) is 0 Å². The Morgan fingerprint density at radius 2 is 2.22 bits per heavy atom. The van der Waals surface area contributed by atoms with E-state index in [-0.39, 0.29) is 18.4 Å². The largest absolute Gasteiger partial charge is 0.351 e. The van der Waals surface area contributed by atoms with Crippen molar-refractivity contribution in [2.75, 3.05) is 18.0 Å². The summed E-state index contributed by atoms with van der Waals surface area (Å²) in [6.45, 7) is 5.34. The molecule has 0 aromatic heterocycles. The average molecular weight is 311 g/mol. The normalized spacial score (nSPS) is 9.67. The number of nitrogens with zero attached hydrogens (tertiary/aromatic N) is 1. The molecule has 1 aromatic carbocycles. The zero-order valence-electron chi connectivity index (χ0n) is 10.1. The molecular formula is C13H15BrN2O2. The minimum absolute atomic E-state index is 0.000370. The second-order valence-electron chi connectivity index (χ2n) is 3.68. The lowest BCUT2D eigenvalue weighted by Gasteiger charge is -2.20. The first-order valence-corrected chi connectivity index (χ1v) is 6.25. The molecule has 1 aromatic rings. The van der Waals surface area contributed by atoms with Gasteiger partial charge < -0.3 is 10.2 Å². The maximum Gasteiger partial charge on any atom is 0.240 e. The molecule has 0 aliphatic carbocycles. The number of hydrogen-bond donors (Lipinski definition) is 1. The number of anilines is 1. The first-order chi connectivity index (χ1) is 8.54. The highest BCUT2D eigenvalue weighted by Crippen LogP contribution is 2.19. The lowest BCUT2D eigenvalue weighted by Crippen LogP contribution is -2.39. The molecule has 0 saturated heterocycles. The first-order valence-electron chi connectivity index (χ1n) is 5.46. The Labute approximate surface area is 115 Å². The molecular weight excluding hydrogens is 296 g/mol. The van der Waals surface area contributed by atoms with Crippen molar-refractivity contribution in [1.82, 2.24) is 5.32 Å². The third-order valence-electron chi connectivity index (χ3n) is 2.25. The van der Waals surface area contributed by atoms with Gasteiger partial charge in [0.25, 0.3) is 0 Å². The highest BCUT2D eigenvalue weighted by Gasteiger charge is 2.15. The van der Waals surface area contributed by atoms with Crippen LogP contribution in [0.5, 0.6) is 0 Å². The summed E-state index contributed by atoms with van der Waals surface area (Å²) in [7, 11) is 0. The summed E-state index contributed by atoms with van der Waals surface area (Å²) in [6, 6.07) is 7.26. The van der Waals surface area contributed by atoms with Gasteiger partial charge in [-0.3, -0.25) is 9.59 Å². The van der Waals surface area contributed by atoms with E-state index in [0.717, 1.165) is 4.47 Å². The predicted octanol–water partition coefficient (Wildman–Crippen LogP) is 2.10. The molecule has 96 valence electrons. The molecule has 0 atom stereocenters. The van der Waals surface area contributed by atoms with E-state index < -0.39 is 0 Å². The molecule has 0 fully saturated rings. The minimum Gasteiger partial charge on any atom is -0.351 e. The second-order valence-corrected chi connectivity index (χ2v) is 4.59. The van der Waals surface area contributed by atoms with Crippen LogP contribution in [0.1, 0.15) is 6.92 Å². The summed E-state index contributed by atoms with van der Waals surface area (Å²) >= 11 is 3.34. The zero-order chi connectivity index (χ0) is 13.5. The van der Waals surface area contributed by atoms with Crippen molar-refractivity contribution in [2.45, 2.75) is 6.92 Å². The van der Waals surface area contributed by atoms with Crippen LogP contribution in [0.15, 0.2) is 41.4 Å². The quantitative estimate of drug-likeness (QED) is 0.847. The first kappa shape index (κ1) is 14.4. The predicted molar refractivity (Wildman–Crippen MR) is 75.4 cm³/mol. The monoisotopic (exact) mass is 310 g/mol. The van der Waals surface area contributed by atoms with Crippen LogP contribution < -0.4 is 10.2 Å². The van der Waals surface area contributed by atoms with Gasteiger partial charge in [0, 0.05) is 23.6 Å². The summed E-state index contributed by atoms with van der Waals surface area (Å²) in [4.78, 5) is 24.6. The van der Waals surface area contributed by atoms with Crippen molar-refractivity contribution < 1.29 is 9.59 Å². The number of carbonyl (C=O) groups excluding carboxylic acids is 2. The van der Waals surface area contributed by atoms with Crippen molar-refractivity contribution in [3.05, 3.63) is 41.4 Å². The van der Waals surface area contributed by atoms with Crippen molar-refractivity contribution in [1.29, 1.82) is 0 Å². The number of benzene rings is 1. The summed E-state index contributed by atoms with van der Waals surface area (Å²) in [5, 5.41) is 2.64. The van der Waals surface area contributed by atoms with Crippen LogP contribution >= 0.6 is 15.9 Å². The van der Waals surface area contributed by atoms with Crippen LogP contribution in [-0.4, -0.2) is 24.9 Å². The van der Waals surface area contributed by atoms with Crippen molar-refractivity contribution in [2.24, 2.45) is 0 Å². The van der Waals surface area contributed by atoms with Crippen LogP contribution in [0.4, 0.5) is 5.69 Å². The van der Waals surface area contributed by atoms with Crippen LogP contribution in [0.3, 0.4) is 0 Å². The highest BCUT2D eigenvalue weighted by atomic mass is 79.9. The van der Waals surface area contributed by atoms with Crippen LogP contribution in [0.25, 0.3) is 0 Å². The number of carbonyl (C=O) groups is 2. The van der Waals surface area contributed by atoms with Gasteiger partial charge in [-0.15, -0.1) is 6.58 Å². The molecule has 0 bridgehead atoms. The van der Waals surface area contributed by atoms with E-state index >= 15 is 0 Å². The molecule has 0 radical (unpaired) electrons. The van der Waals surface area contributed by atoms with E-state index in [9.17, 15) is 9.59 Å². The lowest BCUT2D eigenvalue weighted by molar-refractivity contribution is -0.122. The summed E-state index contributed by atoms with van der Waals surface area (Å²) in [5.41, 5.74) is 0.686. The standard InChI is InChI=1S/C13H15BrN2O2/c1-3-7-15-13(18)9-16(10(2)17)12-6-4-5-11(14)8-12/h3-6,8H,1,7,9H2,2H3,(H,15,18). The fourth-order valence-electron chi connectivity index (χ4n) is 1.41. The number of rotatable bonds is 5.